The highest BCUT2D eigenvalue weighted by atomic mass is 79.9. The first-order valence-electron chi connectivity index (χ1n) is 10.4. The van der Waals surface area contributed by atoms with Crippen molar-refractivity contribution in [1.29, 1.82) is 0 Å². The summed E-state index contributed by atoms with van der Waals surface area (Å²) in [6.07, 6.45) is 8.08. The molecule has 0 unspecified atom stereocenters. The largest absolute Gasteiger partial charge is 0.452 e. The third-order valence-electron chi connectivity index (χ3n) is 5.78. The van der Waals surface area contributed by atoms with Crippen LogP contribution in [0.4, 0.5) is 4.39 Å². The Morgan fingerprint density at radius 3 is 2.70 bits per heavy atom. The molecule has 0 bridgehead atoms. The van der Waals surface area contributed by atoms with Gasteiger partial charge in [-0.1, -0.05) is 35.2 Å². The van der Waals surface area contributed by atoms with Gasteiger partial charge in [0.2, 0.25) is 0 Å². The predicted octanol–water partition coefficient (Wildman–Crippen LogP) is 3.30. The Morgan fingerprint density at radius 2 is 1.97 bits per heavy atom. The Hall–Kier alpha value is -1.77. The first-order valence-corrected chi connectivity index (χ1v) is 11.2. The monoisotopic (exact) mass is 482 g/mol. The predicted molar refractivity (Wildman–Crippen MR) is 115 cm³/mol. The van der Waals surface area contributed by atoms with Crippen molar-refractivity contribution >= 4 is 33.9 Å². The molecule has 1 amide bonds. The van der Waals surface area contributed by atoms with Gasteiger partial charge in [-0.15, -0.1) is 0 Å². The summed E-state index contributed by atoms with van der Waals surface area (Å²) in [6.45, 7) is 3.38. The van der Waals surface area contributed by atoms with Crippen LogP contribution in [0.1, 0.15) is 37.7 Å². The van der Waals surface area contributed by atoms with Gasteiger partial charge in [0.25, 0.3) is 5.91 Å². The summed E-state index contributed by atoms with van der Waals surface area (Å²) in [4.78, 5) is 26.6. The lowest BCUT2D eigenvalue weighted by Gasteiger charge is -2.48. The number of ether oxygens (including phenoxy) is 2. The minimum atomic E-state index is -0.690. The first kappa shape index (κ1) is 22.9. The molecule has 1 saturated carbocycles. The Morgan fingerprint density at radius 1 is 1.23 bits per heavy atom. The smallest absolute Gasteiger partial charge is 0.331 e. The van der Waals surface area contributed by atoms with Crippen molar-refractivity contribution in [2.24, 2.45) is 0 Å². The minimum Gasteiger partial charge on any atom is -0.452 e. The number of hydrogen-bond acceptors (Lipinski definition) is 5. The number of benzene rings is 1. The number of nitrogens with one attached hydrogen (secondary N) is 1. The molecule has 1 aromatic rings. The quantitative estimate of drug-likeness (QED) is 0.476. The maximum atomic E-state index is 13.7. The van der Waals surface area contributed by atoms with Crippen molar-refractivity contribution in [2.45, 2.75) is 37.6 Å². The van der Waals surface area contributed by atoms with E-state index in [4.69, 9.17) is 9.47 Å². The van der Waals surface area contributed by atoms with Gasteiger partial charge in [0.05, 0.1) is 13.2 Å². The standard InChI is InChI=1S/C22H28BrFN2O4/c23-18-5-6-19(24)17(14-18)4-7-21(28)30-15-20(27)25-16-22(8-2-1-3-9-22)26-10-12-29-13-11-26/h4-7,14H,1-3,8-13,15-16H2,(H,25,27)/b7-4+. The maximum Gasteiger partial charge on any atom is 0.331 e. The van der Waals surface area contributed by atoms with Crippen LogP contribution in [0.5, 0.6) is 0 Å². The Balaban J connectivity index is 1.47. The zero-order valence-electron chi connectivity index (χ0n) is 17.0. The van der Waals surface area contributed by atoms with E-state index in [9.17, 15) is 14.0 Å². The Labute approximate surface area is 184 Å². The van der Waals surface area contributed by atoms with Crippen LogP contribution in [0.15, 0.2) is 28.7 Å². The van der Waals surface area contributed by atoms with E-state index in [0.29, 0.717) is 11.0 Å². The van der Waals surface area contributed by atoms with Crippen LogP contribution in [0.2, 0.25) is 0 Å². The molecule has 2 aliphatic rings. The van der Waals surface area contributed by atoms with Crippen LogP contribution in [-0.2, 0) is 19.1 Å². The molecule has 0 aromatic heterocycles. The molecule has 1 aliphatic heterocycles. The molecule has 2 fully saturated rings. The van der Waals surface area contributed by atoms with Crippen LogP contribution in [-0.4, -0.2) is 61.8 Å². The van der Waals surface area contributed by atoms with E-state index in [1.165, 1.54) is 18.6 Å². The topological polar surface area (TPSA) is 67.9 Å². The molecule has 1 saturated heterocycles. The fourth-order valence-corrected chi connectivity index (χ4v) is 4.53. The van der Waals surface area contributed by atoms with Crippen LogP contribution in [0.25, 0.3) is 6.08 Å². The molecular weight excluding hydrogens is 455 g/mol. The Bertz CT molecular complexity index is 774. The summed E-state index contributed by atoms with van der Waals surface area (Å²) < 4.78 is 24.9. The molecule has 1 aliphatic carbocycles. The SMILES string of the molecule is O=C(COC(=O)/C=C/c1cc(Br)ccc1F)NCC1(N2CCOCC2)CCCCC1. The van der Waals surface area contributed by atoms with Crippen molar-refractivity contribution in [3.8, 4) is 0 Å². The number of rotatable bonds is 7. The molecule has 6 nitrogen and oxygen atoms in total. The van der Waals surface area contributed by atoms with E-state index in [1.807, 2.05) is 0 Å². The highest BCUT2D eigenvalue weighted by Crippen LogP contribution is 2.33. The highest BCUT2D eigenvalue weighted by Gasteiger charge is 2.38. The van der Waals surface area contributed by atoms with Gasteiger partial charge in [-0.05, 0) is 37.1 Å². The van der Waals surface area contributed by atoms with Crippen molar-refractivity contribution in [1.82, 2.24) is 10.2 Å². The van der Waals surface area contributed by atoms with Crippen molar-refractivity contribution in [3.63, 3.8) is 0 Å². The maximum absolute atomic E-state index is 13.7. The van der Waals surface area contributed by atoms with Crippen LogP contribution in [0.3, 0.4) is 0 Å². The molecule has 1 N–H and O–H groups in total. The van der Waals surface area contributed by atoms with E-state index in [0.717, 1.165) is 58.1 Å². The van der Waals surface area contributed by atoms with Crippen LogP contribution >= 0.6 is 15.9 Å². The highest BCUT2D eigenvalue weighted by molar-refractivity contribution is 9.10. The van der Waals surface area contributed by atoms with Crippen LogP contribution in [0, 0.1) is 5.82 Å². The fourth-order valence-electron chi connectivity index (χ4n) is 4.15. The van der Waals surface area contributed by atoms with Gasteiger partial charge in [0, 0.05) is 41.3 Å². The van der Waals surface area contributed by atoms with E-state index in [1.54, 1.807) is 12.1 Å². The molecule has 3 rings (SSSR count). The van der Waals surface area contributed by atoms with Gasteiger partial charge in [-0.3, -0.25) is 9.69 Å². The summed E-state index contributed by atoms with van der Waals surface area (Å²) in [5.41, 5.74) is 0.218. The van der Waals surface area contributed by atoms with E-state index in [2.05, 4.69) is 26.1 Å². The summed E-state index contributed by atoms with van der Waals surface area (Å²) >= 11 is 3.26. The molecule has 0 spiro atoms. The van der Waals surface area contributed by atoms with Crippen molar-refractivity contribution in [3.05, 3.63) is 40.1 Å². The average molecular weight is 483 g/mol. The normalized spacial score (nSPS) is 19.5. The molecule has 164 valence electrons. The lowest BCUT2D eigenvalue weighted by molar-refractivity contribution is -0.144. The second kappa shape index (κ2) is 11.0. The van der Waals surface area contributed by atoms with E-state index < -0.39 is 11.8 Å². The lowest BCUT2D eigenvalue weighted by Crippen LogP contribution is -2.59. The molecule has 30 heavy (non-hydrogen) atoms. The van der Waals surface area contributed by atoms with Crippen molar-refractivity contribution in [2.75, 3.05) is 39.5 Å². The summed E-state index contributed by atoms with van der Waals surface area (Å²) in [7, 11) is 0. The number of carbonyl (C=O) groups is 2. The third kappa shape index (κ3) is 6.36. The second-order valence-electron chi connectivity index (χ2n) is 7.77. The number of carbonyl (C=O) groups excluding carboxylic acids is 2. The number of halogens is 2. The molecule has 0 radical (unpaired) electrons. The molecular formula is C22H28BrFN2O4. The summed E-state index contributed by atoms with van der Waals surface area (Å²) in [5.74, 6) is -1.46. The summed E-state index contributed by atoms with van der Waals surface area (Å²) in [5, 5.41) is 2.95. The van der Waals surface area contributed by atoms with Gasteiger partial charge < -0.3 is 14.8 Å². The average Bonchev–Trinajstić information content (AvgIpc) is 2.78. The van der Waals surface area contributed by atoms with Gasteiger partial charge >= 0.3 is 5.97 Å². The number of nitrogens with zero attached hydrogens (tertiary/aromatic N) is 1. The Kier molecular flexibility index (Phi) is 8.41. The zero-order valence-corrected chi connectivity index (χ0v) is 18.6. The molecule has 0 atom stereocenters. The van der Waals surface area contributed by atoms with Gasteiger partial charge in [0.15, 0.2) is 6.61 Å². The van der Waals surface area contributed by atoms with Crippen molar-refractivity contribution < 1.29 is 23.5 Å². The molecule has 1 heterocycles. The molecule has 8 heteroatoms. The summed E-state index contributed by atoms with van der Waals surface area (Å²) in [6, 6.07) is 4.44. The van der Waals surface area contributed by atoms with Crippen LogP contribution < -0.4 is 5.32 Å². The van der Waals surface area contributed by atoms with Gasteiger partial charge in [-0.2, -0.15) is 0 Å². The van der Waals surface area contributed by atoms with E-state index >= 15 is 0 Å². The zero-order chi connectivity index (χ0) is 21.4. The third-order valence-corrected chi connectivity index (χ3v) is 6.28. The number of hydrogen-bond donors (Lipinski definition) is 1. The fraction of sp³-hybridized carbons (Fsp3) is 0.545. The van der Waals surface area contributed by atoms with E-state index in [-0.39, 0.29) is 23.6 Å². The number of amides is 1. The van der Waals surface area contributed by atoms with Gasteiger partial charge in [-0.25, -0.2) is 9.18 Å². The van der Waals surface area contributed by atoms with Gasteiger partial charge in [0.1, 0.15) is 5.82 Å². The molecule has 1 aromatic carbocycles. The second-order valence-corrected chi connectivity index (χ2v) is 8.68. The number of morpholine rings is 1. The number of esters is 1. The first-order chi connectivity index (χ1) is 14.5. The minimum absolute atomic E-state index is 0.0418. The lowest BCUT2D eigenvalue weighted by atomic mass is 9.79.